The van der Waals surface area contributed by atoms with Gasteiger partial charge in [0.15, 0.2) is 6.10 Å². The second-order valence-electron chi connectivity index (χ2n) is 19.5. The molecule has 75 heavy (non-hydrogen) atoms. The third kappa shape index (κ3) is 60.0. The van der Waals surface area contributed by atoms with Crippen LogP contribution in [0.4, 0.5) is 0 Å². The van der Waals surface area contributed by atoms with Crippen LogP contribution in [0.15, 0.2) is 146 Å². The largest absolute Gasteiger partial charge is 0.462 e. The van der Waals surface area contributed by atoms with Gasteiger partial charge in [-0.3, -0.25) is 14.4 Å². The van der Waals surface area contributed by atoms with E-state index in [0.717, 1.165) is 122 Å². The number of allylic oxidation sites excluding steroid dienone is 24. The van der Waals surface area contributed by atoms with Gasteiger partial charge in [-0.2, -0.15) is 0 Å². The van der Waals surface area contributed by atoms with E-state index in [2.05, 4.69) is 154 Å². The van der Waals surface area contributed by atoms with E-state index in [0.29, 0.717) is 19.3 Å². The van der Waals surface area contributed by atoms with Gasteiger partial charge in [0.2, 0.25) is 0 Å². The lowest BCUT2D eigenvalue weighted by Gasteiger charge is -2.18. The molecule has 0 aromatic heterocycles. The highest BCUT2D eigenvalue weighted by molar-refractivity contribution is 5.71. The zero-order valence-corrected chi connectivity index (χ0v) is 48.3. The Kier molecular flexibility index (Phi) is 58.0. The fourth-order valence-corrected chi connectivity index (χ4v) is 7.84. The van der Waals surface area contributed by atoms with E-state index in [1.54, 1.807) is 0 Å². The van der Waals surface area contributed by atoms with Crippen molar-refractivity contribution in [1.29, 1.82) is 0 Å². The Bertz CT molecular complexity index is 1660. The number of esters is 3. The van der Waals surface area contributed by atoms with Gasteiger partial charge in [-0.25, -0.2) is 0 Å². The first-order valence-corrected chi connectivity index (χ1v) is 30.3. The van der Waals surface area contributed by atoms with Crippen LogP contribution in [0.2, 0.25) is 0 Å². The minimum absolute atomic E-state index is 0.113. The summed E-state index contributed by atoms with van der Waals surface area (Å²) in [7, 11) is 0. The molecular formula is C69H110O6. The Balaban J connectivity index is 4.41. The minimum atomic E-state index is -0.821. The van der Waals surface area contributed by atoms with Crippen molar-refractivity contribution in [2.75, 3.05) is 13.2 Å². The molecule has 0 aliphatic carbocycles. The Morgan fingerprint density at radius 2 is 0.547 bits per heavy atom. The zero-order chi connectivity index (χ0) is 54.3. The van der Waals surface area contributed by atoms with Crippen LogP contribution < -0.4 is 0 Å². The standard InChI is InChI=1S/C69H110O6/c1-4-7-10-13-16-19-22-25-27-29-30-31-32-33-34-35-36-37-38-40-41-44-47-50-53-56-59-62-68(71)74-65-66(64-73-67(70)61-58-55-52-49-46-43-24-21-18-15-12-9-6-3)75-69(72)63-60-57-54-51-48-45-42-39-28-26-23-20-17-14-11-8-5-2/h7,9-10,12,16-21,25-28,30-31,33-34,36-37,43,46,52,55,66H,4-6,8,11,13-15,22-24,29,32,35,38-42,44-45,47-51,53-54,56-65H2,1-3H3/b10-7-,12-9-,19-16-,20-17-,21-18-,27-25-,28-26-,31-30-,34-33-,37-36-,46-43-,55-52-. The molecule has 0 fully saturated rings. The maximum atomic E-state index is 12.9. The molecule has 0 saturated heterocycles. The number of ether oxygens (including phenoxy) is 3. The maximum Gasteiger partial charge on any atom is 0.306 e. The molecule has 0 aromatic carbocycles. The summed E-state index contributed by atoms with van der Waals surface area (Å²) >= 11 is 0. The third-order valence-corrected chi connectivity index (χ3v) is 12.3. The molecule has 0 rings (SSSR count). The average molecular weight is 1040 g/mol. The fraction of sp³-hybridized carbons (Fsp3) is 0.609. The van der Waals surface area contributed by atoms with Gasteiger partial charge in [0, 0.05) is 19.3 Å². The second-order valence-corrected chi connectivity index (χ2v) is 19.5. The van der Waals surface area contributed by atoms with Gasteiger partial charge in [0.05, 0.1) is 0 Å². The first kappa shape index (κ1) is 70.3. The van der Waals surface area contributed by atoms with Gasteiger partial charge >= 0.3 is 17.9 Å². The van der Waals surface area contributed by atoms with Crippen molar-refractivity contribution in [3.63, 3.8) is 0 Å². The van der Waals surface area contributed by atoms with Crippen molar-refractivity contribution in [1.82, 2.24) is 0 Å². The van der Waals surface area contributed by atoms with Crippen LogP contribution in [0.25, 0.3) is 0 Å². The lowest BCUT2D eigenvalue weighted by Crippen LogP contribution is -2.30. The SMILES string of the molecule is CC/C=C\C/C=C\C/C=C\C/C=C\C/C=C\C/C=C\CCCCCCCCCCC(=O)OCC(COC(=O)CC/C=C\C/C=C\C/C=C\C/C=C\CC)OC(=O)CCCCCCCCC/C=C\C/C=C\CCCCC. The molecule has 0 N–H and O–H groups in total. The van der Waals surface area contributed by atoms with Crippen molar-refractivity contribution < 1.29 is 28.6 Å². The number of hydrogen-bond acceptors (Lipinski definition) is 6. The van der Waals surface area contributed by atoms with Crippen LogP contribution in [0.5, 0.6) is 0 Å². The zero-order valence-electron chi connectivity index (χ0n) is 48.3. The first-order valence-electron chi connectivity index (χ1n) is 30.3. The molecule has 1 unspecified atom stereocenters. The van der Waals surface area contributed by atoms with Gasteiger partial charge in [-0.15, -0.1) is 0 Å². The average Bonchev–Trinajstić information content (AvgIpc) is 3.41. The van der Waals surface area contributed by atoms with Gasteiger partial charge in [-0.1, -0.05) is 250 Å². The number of unbranched alkanes of at least 4 members (excludes halogenated alkanes) is 18. The Morgan fingerprint density at radius 3 is 0.893 bits per heavy atom. The van der Waals surface area contributed by atoms with Crippen LogP contribution in [0.3, 0.4) is 0 Å². The molecule has 6 heteroatoms. The number of carbonyl (C=O) groups is 3. The molecule has 0 radical (unpaired) electrons. The topological polar surface area (TPSA) is 78.9 Å². The van der Waals surface area contributed by atoms with E-state index < -0.39 is 6.10 Å². The van der Waals surface area contributed by atoms with Gasteiger partial charge < -0.3 is 14.2 Å². The summed E-state index contributed by atoms with van der Waals surface area (Å²) in [4.78, 5) is 38.2. The van der Waals surface area contributed by atoms with Crippen LogP contribution in [-0.4, -0.2) is 37.2 Å². The Hall–Kier alpha value is -4.71. The van der Waals surface area contributed by atoms with E-state index in [-0.39, 0.29) is 37.5 Å². The molecule has 0 saturated carbocycles. The van der Waals surface area contributed by atoms with Crippen LogP contribution in [0.1, 0.15) is 252 Å². The number of hydrogen-bond donors (Lipinski definition) is 0. The molecule has 0 spiro atoms. The van der Waals surface area contributed by atoms with E-state index in [9.17, 15) is 14.4 Å². The normalized spacial score (nSPS) is 13.2. The fourth-order valence-electron chi connectivity index (χ4n) is 7.84. The highest BCUT2D eigenvalue weighted by Crippen LogP contribution is 2.14. The van der Waals surface area contributed by atoms with Crippen molar-refractivity contribution in [2.45, 2.75) is 258 Å². The molecule has 422 valence electrons. The van der Waals surface area contributed by atoms with Gasteiger partial charge in [0.25, 0.3) is 0 Å². The number of rotatable bonds is 53. The summed E-state index contributed by atoms with van der Waals surface area (Å²) in [6, 6.07) is 0. The summed E-state index contributed by atoms with van der Waals surface area (Å²) in [5.41, 5.74) is 0. The molecule has 0 aliphatic rings. The molecule has 0 bridgehead atoms. The van der Waals surface area contributed by atoms with Crippen LogP contribution >= 0.6 is 0 Å². The van der Waals surface area contributed by atoms with E-state index >= 15 is 0 Å². The highest BCUT2D eigenvalue weighted by atomic mass is 16.6. The van der Waals surface area contributed by atoms with E-state index in [4.69, 9.17) is 14.2 Å². The first-order chi connectivity index (χ1) is 37.0. The molecule has 0 heterocycles. The summed E-state index contributed by atoms with van der Waals surface area (Å²) < 4.78 is 16.8. The predicted molar refractivity (Wildman–Crippen MR) is 325 cm³/mol. The van der Waals surface area contributed by atoms with Gasteiger partial charge in [-0.05, 0) is 128 Å². The maximum absolute atomic E-state index is 12.9. The van der Waals surface area contributed by atoms with E-state index in [1.165, 1.54) is 83.5 Å². The van der Waals surface area contributed by atoms with Crippen LogP contribution in [-0.2, 0) is 28.6 Å². The Labute approximate surface area is 461 Å². The van der Waals surface area contributed by atoms with Crippen molar-refractivity contribution in [3.05, 3.63) is 146 Å². The summed E-state index contributed by atoms with van der Waals surface area (Å²) in [5.74, 6) is -1.02. The lowest BCUT2D eigenvalue weighted by molar-refractivity contribution is -0.166. The second kappa shape index (κ2) is 61.8. The van der Waals surface area contributed by atoms with Crippen molar-refractivity contribution >= 4 is 17.9 Å². The van der Waals surface area contributed by atoms with Crippen molar-refractivity contribution in [2.24, 2.45) is 0 Å². The summed E-state index contributed by atoms with van der Waals surface area (Å²) in [6.45, 7) is 6.30. The van der Waals surface area contributed by atoms with Crippen LogP contribution in [0, 0.1) is 0 Å². The van der Waals surface area contributed by atoms with E-state index in [1.807, 2.05) is 12.2 Å². The Morgan fingerprint density at radius 1 is 0.280 bits per heavy atom. The molecular weight excluding hydrogens is 925 g/mol. The predicted octanol–water partition coefficient (Wildman–Crippen LogP) is 20.8. The molecule has 6 nitrogen and oxygen atoms in total. The summed E-state index contributed by atoms with van der Waals surface area (Å²) in [6.07, 6.45) is 88.6. The minimum Gasteiger partial charge on any atom is -0.462 e. The lowest BCUT2D eigenvalue weighted by atomic mass is 10.1. The summed E-state index contributed by atoms with van der Waals surface area (Å²) in [5, 5.41) is 0. The molecule has 1 atom stereocenters. The molecule has 0 aliphatic heterocycles. The monoisotopic (exact) mass is 1030 g/mol. The molecule has 0 aromatic rings. The number of carbonyl (C=O) groups excluding carboxylic acids is 3. The molecule has 0 amide bonds. The quantitative estimate of drug-likeness (QED) is 0.0261. The highest BCUT2D eigenvalue weighted by Gasteiger charge is 2.19. The van der Waals surface area contributed by atoms with Crippen molar-refractivity contribution in [3.8, 4) is 0 Å². The van der Waals surface area contributed by atoms with Gasteiger partial charge in [0.1, 0.15) is 13.2 Å². The third-order valence-electron chi connectivity index (χ3n) is 12.3. The smallest absolute Gasteiger partial charge is 0.306 e.